The Kier molecular flexibility index (Phi) is 5.62. The Morgan fingerprint density at radius 2 is 2.00 bits per heavy atom. The fraction of sp³-hybridized carbons (Fsp3) is 0.588. The maximum atomic E-state index is 12.5. The molecule has 0 bridgehead atoms. The molecule has 0 radical (unpaired) electrons. The lowest BCUT2D eigenvalue weighted by atomic mass is 10.0. The lowest BCUT2D eigenvalue weighted by molar-refractivity contribution is -0.132. The van der Waals surface area contributed by atoms with Gasteiger partial charge in [0.1, 0.15) is 5.75 Å². The minimum atomic E-state index is 0.175. The maximum absolute atomic E-state index is 12.5. The van der Waals surface area contributed by atoms with Crippen LogP contribution >= 0.6 is 0 Å². The van der Waals surface area contributed by atoms with Crippen molar-refractivity contribution in [2.24, 2.45) is 0 Å². The molecule has 1 aliphatic rings. The molecule has 2 rings (SSSR count). The van der Waals surface area contributed by atoms with Gasteiger partial charge in [-0.25, -0.2) is 0 Å². The van der Waals surface area contributed by atoms with E-state index in [1.54, 1.807) is 7.11 Å². The second kappa shape index (κ2) is 7.46. The van der Waals surface area contributed by atoms with Gasteiger partial charge in [-0.05, 0) is 25.5 Å². The number of para-hydroxylation sites is 1. The van der Waals surface area contributed by atoms with Crippen molar-refractivity contribution in [2.45, 2.75) is 32.2 Å². The molecule has 0 unspecified atom stereocenters. The van der Waals surface area contributed by atoms with E-state index in [1.165, 1.54) is 0 Å². The maximum Gasteiger partial charge on any atom is 0.227 e. The molecule has 0 aliphatic carbocycles. The molecular formula is C17H26N2O2. The van der Waals surface area contributed by atoms with Crippen LogP contribution < -0.4 is 4.74 Å². The van der Waals surface area contributed by atoms with Gasteiger partial charge in [-0.15, -0.1) is 0 Å². The van der Waals surface area contributed by atoms with Crippen LogP contribution in [0.15, 0.2) is 24.3 Å². The summed E-state index contributed by atoms with van der Waals surface area (Å²) in [7, 11) is 3.58. The molecule has 0 spiro atoms. The second-order valence-corrected chi connectivity index (χ2v) is 5.66. The number of nitrogens with zero attached hydrogens (tertiary/aromatic N) is 2. The summed E-state index contributed by atoms with van der Waals surface area (Å²) in [6, 6.07) is 8.11. The van der Waals surface area contributed by atoms with Gasteiger partial charge in [0.25, 0.3) is 0 Å². The Bertz CT molecular complexity index is 468. The van der Waals surface area contributed by atoms with Gasteiger partial charge in [0.2, 0.25) is 5.91 Å². The van der Waals surface area contributed by atoms with Crippen molar-refractivity contribution in [3.8, 4) is 5.75 Å². The molecule has 1 aromatic rings. The minimum Gasteiger partial charge on any atom is -0.496 e. The molecule has 4 heteroatoms. The summed E-state index contributed by atoms with van der Waals surface area (Å²) in [5.74, 6) is 0.967. The van der Waals surface area contributed by atoms with Crippen molar-refractivity contribution in [3.63, 3.8) is 0 Å². The van der Waals surface area contributed by atoms with Crippen LogP contribution in [-0.4, -0.2) is 55.5 Å². The summed E-state index contributed by atoms with van der Waals surface area (Å²) in [6.45, 7) is 5.48. The van der Waals surface area contributed by atoms with Crippen LogP contribution in [0.5, 0.6) is 5.75 Å². The number of methoxy groups -OCH3 is 1. The van der Waals surface area contributed by atoms with Crippen LogP contribution in [0.25, 0.3) is 0 Å². The summed E-state index contributed by atoms with van der Waals surface area (Å²) < 4.78 is 5.32. The number of piperidine rings is 1. The molecule has 1 aromatic carbocycles. The van der Waals surface area contributed by atoms with E-state index in [0.29, 0.717) is 12.5 Å². The lowest BCUT2D eigenvalue weighted by Gasteiger charge is -2.36. The highest BCUT2D eigenvalue weighted by molar-refractivity contribution is 5.79. The number of rotatable bonds is 5. The van der Waals surface area contributed by atoms with Crippen molar-refractivity contribution in [3.05, 3.63) is 29.8 Å². The van der Waals surface area contributed by atoms with E-state index in [4.69, 9.17) is 4.74 Å². The largest absolute Gasteiger partial charge is 0.496 e. The normalized spacial score (nSPS) is 16.7. The van der Waals surface area contributed by atoms with Crippen LogP contribution in [0.3, 0.4) is 0 Å². The van der Waals surface area contributed by atoms with Crippen molar-refractivity contribution >= 4 is 5.91 Å². The Balaban J connectivity index is 1.94. The zero-order chi connectivity index (χ0) is 15.2. The van der Waals surface area contributed by atoms with Gasteiger partial charge in [0.15, 0.2) is 0 Å². The van der Waals surface area contributed by atoms with Gasteiger partial charge in [-0.1, -0.05) is 25.1 Å². The molecule has 1 saturated heterocycles. The van der Waals surface area contributed by atoms with Crippen molar-refractivity contribution < 1.29 is 9.53 Å². The van der Waals surface area contributed by atoms with Crippen molar-refractivity contribution in [1.82, 2.24) is 9.80 Å². The van der Waals surface area contributed by atoms with Gasteiger partial charge in [0.05, 0.1) is 13.5 Å². The number of hydrogen-bond acceptors (Lipinski definition) is 3. The molecule has 0 aromatic heterocycles. The molecule has 0 saturated carbocycles. The fourth-order valence-corrected chi connectivity index (χ4v) is 2.96. The smallest absolute Gasteiger partial charge is 0.227 e. The molecule has 116 valence electrons. The van der Waals surface area contributed by atoms with E-state index < -0.39 is 0 Å². The Morgan fingerprint density at radius 3 is 2.62 bits per heavy atom. The number of carbonyl (C=O) groups is 1. The quantitative estimate of drug-likeness (QED) is 0.833. The zero-order valence-corrected chi connectivity index (χ0v) is 13.3. The van der Waals surface area contributed by atoms with E-state index in [9.17, 15) is 4.79 Å². The van der Waals surface area contributed by atoms with Gasteiger partial charge in [-0.2, -0.15) is 0 Å². The number of likely N-dealkylation sites (tertiary alicyclic amines) is 1. The van der Waals surface area contributed by atoms with Crippen molar-refractivity contribution in [2.75, 3.05) is 33.8 Å². The number of amides is 1. The third-order valence-electron chi connectivity index (χ3n) is 4.48. The van der Waals surface area contributed by atoms with Crippen LogP contribution in [0.2, 0.25) is 0 Å². The van der Waals surface area contributed by atoms with Gasteiger partial charge in [0, 0.05) is 31.7 Å². The number of hydrogen-bond donors (Lipinski definition) is 0. The number of benzene rings is 1. The van der Waals surface area contributed by atoms with Crippen LogP contribution in [0, 0.1) is 0 Å². The van der Waals surface area contributed by atoms with E-state index in [-0.39, 0.29) is 5.91 Å². The van der Waals surface area contributed by atoms with E-state index in [1.807, 2.05) is 36.2 Å². The number of likely N-dealkylation sites (N-methyl/N-ethyl adjacent to an activating group) is 1. The highest BCUT2D eigenvalue weighted by Gasteiger charge is 2.25. The predicted molar refractivity (Wildman–Crippen MR) is 84.6 cm³/mol. The number of carbonyl (C=O) groups excluding carboxylic acids is 1. The SMILES string of the molecule is CCN1CCC(N(C)C(=O)Cc2ccccc2OC)CC1. The van der Waals surface area contributed by atoms with E-state index in [0.717, 1.165) is 43.8 Å². The molecular weight excluding hydrogens is 264 g/mol. The standard InChI is InChI=1S/C17H26N2O2/c1-4-19-11-9-15(10-12-19)18(2)17(20)13-14-7-5-6-8-16(14)21-3/h5-8,15H,4,9-13H2,1-3H3. The number of ether oxygens (including phenoxy) is 1. The second-order valence-electron chi connectivity index (χ2n) is 5.66. The van der Waals surface area contributed by atoms with E-state index in [2.05, 4.69) is 11.8 Å². The summed E-state index contributed by atoms with van der Waals surface area (Å²) in [4.78, 5) is 16.9. The first-order valence-electron chi connectivity index (χ1n) is 7.75. The van der Waals surface area contributed by atoms with Gasteiger partial charge in [-0.3, -0.25) is 4.79 Å². The van der Waals surface area contributed by atoms with Crippen LogP contribution in [-0.2, 0) is 11.2 Å². The molecule has 0 atom stereocenters. The third kappa shape index (κ3) is 3.97. The summed E-state index contributed by atoms with van der Waals surface area (Å²) in [5, 5.41) is 0. The first-order chi connectivity index (χ1) is 10.2. The third-order valence-corrected chi connectivity index (χ3v) is 4.48. The summed E-state index contributed by atoms with van der Waals surface area (Å²) in [6.07, 6.45) is 2.55. The van der Waals surface area contributed by atoms with Crippen molar-refractivity contribution in [1.29, 1.82) is 0 Å². The van der Waals surface area contributed by atoms with Crippen LogP contribution in [0.4, 0.5) is 0 Å². The summed E-state index contributed by atoms with van der Waals surface area (Å²) in [5.41, 5.74) is 0.961. The molecule has 21 heavy (non-hydrogen) atoms. The minimum absolute atomic E-state index is 0.175. The summed E-state index contributed by atoms with van der Waals surface area (Å²) >= 11 is 0. The van der Waals surface area contributed by atoms with E-state index >= 15 is 0 Å². The average Bonchev–Trinajstić information content (AvgIpc) is 2.54. The molecule has 4 nitrogen and oxygen atoms in total. The molecule has 1 aliphatic heterocycles. The monoisotopic (exact) mass is 290 g/mol. The first-order valence-corrected chi connectivity index (χ1v) is 7.75. The fourth-order valence-electron chi connectivity index (χ4n) is 2.96. The highest BCUT2D eigenvalue weighted by atomic mass is 16.5. The predicted octanol–water partition coefficient (Wildman–Crippen LogP) is 2.18. The first kappa shape index (κ1) is 15.8. The molecule has 1 amide bonds. The Hall–Kier alpha value is -1.55. The molecule has 1 heterocycles. The molecule has 1 fully saturated rings. The van der Waals surface area contributed by atoms with Gasteiger partial charge < -0.3 is 14.5 Å². The van der Waals surface area contributed by atoms with Gasteiger partial charge >= 0.3 is 0 Å². The highest BCUT2D eigenvalue weighted by Crippen LogP contribution is 2.20. The average molecular weight is 290 g/mol. The topological polar surface area (TPSA) is 32.8 Å². The molecule has 0 N–H and O–H groups in total. The lowest BCUT2D eigenvalue weighted by Crippen LogP contribution is -2.45. The Labute approximate surface area is 127 Å². The van der Waals surface area contributed by atoms with Crippen LogP contribution in [0.1, 0.15) is 25.3 Å². The zero-order valence-electron chi connectivity index (χ0n) is 13.3. The Morgan fingerprint density at radius 1 is 1.33 bits per heavy atom.